The van der Waals surface area contributed by atoms with Gasteiger partial charge in [0.15, 0.2) is 11.5 Å². The standard InChI is InChI=1S/C27H24N2O4/c1-3-31-25-14-23(19-7-4-17(2)5-8-19)29-22-10-9-20(13-21(22)25)27(30)28-15-18-6-11-24-26(12-18)33-16-32-24/h4-14H,3,15-16H2,1-2H3,(H,28,30). The minimum atomic E-state index is -0.167. The number of fused-ring (bicyclic) bond motifs is 2. The summed E-state index contributed by atoms with van der Waals surface area (Å²) in [6.07, 6.45) is 0. The summed E-state index contributed by atoms with van der Waals surface area (Å²) in [5.74, 6) is 1.97. The molecule has 0 atom stereocenters. The molecular weight excluding hydrogens is 416 g/mol. The third-order valence-electron chi connectivity index (χ3n) is 5.57. The molecule has 0 spiro atoms. The smallest absolute Gasteiger partial charge is 0.251 e. The normalized spacial score (nSPS) is 12.1. The van der Waals surface area contributed by atoms with Crippen LogP contribution in [0.5, 0.6) is 17.2 Å². The summed E-state index contributed by atoms with van der Waals surface area (Å²) in [6, 6.07) is 21.3. The van der Waals surface area contributed by atoms with Gasteiger partial charge in [0.2, 0.25) is 6.79 Å². The van der Waals surface area contributed by atoms with Crippen molar-refractivity contribution in [2.75, 3.05) is 13.4 Å². The van der Waals surface area contributed by atoms with Crippen LogP contribution in [-0.4, -0.2) is 24.3 Å². The van der Waals surface area contributed by atoms with Gasteiger partial charge in [0.25, 0.3) is 5.91 Å². The molecule has 0 aliphatic carbocycles. The van der Waals surface area contributed by atoms with Crippen LogP contribution in [0.1, 0.15) is 28.4 Å². The molecule has 0 fully saturated rings. The lowest BCUT2D eigenvalue weighted by atomic mass is 10.1. The number of ether oxygens (including phenoxy) is 3. The second kappa shape index (κ2) is 8.82. The van der Waals surface area contributed by atoms with Gasteiger partial charge in [-0.3, -0.25) is 4.79 Å². The van der Waals surface area contributed by atoms with Crippen molar-refractivity contribution in [3.63, 3.8) is 0 Å². The highest BCUT2D eigenvalue weighted by Crippen LogP contribution is 2.33. The molecule has 1 amide bonds. The number of hydrogen-bond donors (Lipinski definition) is 1. The Labute approximate surface area is 192 Å². The summed E-state index contributed by atoms with van der Waals surface area (Å²) in [6.45, 7) is 5.13. The van der Waals surface area contributed by atoms with Crippen LogP contribution < -0.4 is 19.5 Å². The zero-order valence-electron chi connectivity index (χ0n) is 18.6. The van der Waals surface area contributed by atoms with E-state index in [2.05, 4.69) is 36.5 Å². The molecule has 1 aliphatic heterocycles. The highest BCUT2D eigenvalue weighted by Gasteiger charge is 2.15. The van der Waals surface area contributed by atoms with Crippen molar-refractivity contribution < 1.29 is 19.0 Å². The molecule has 3 aromatic carbocycles. The number of benzene rings is 3. The highest BCUT2D eigenvalue weighted by molar-refractivity contribution is 5.99. The molecule has 0 saturated carbocycles. The molecular formula is C27H24N2O4. The maximum Gasteiger partial charge on any atom is 0.251 e. The largest absolute Gasteiger partial charge is 0.493 e. The Morgan fingerprint density at radius 2 is 1.82 bits per heavy atom. The molecule has 1 N–H and O–H groups in total. The molecule has 166 valence electrons. The van der Waals surface area contributed by atoms with Crippen LogP contribution in [0.25, 0.3) is 22.2 Å². The van der Waals surface area contributed by atoms with E-state index in [1.54, 1.807) is 6.07 Å². The molecule has 33 heavy (non-hydrogen) atoms. The summed E-state index contributed by atoms with van der Waals surface area (Å²) in [7, 11) is 0. The van der Waals surface area contributed by atoms with Gasteiger partial charge in [-0.25, -0.2) is 4.98 Å². The van der Waals surface area contributed by atoms with Gasteiger partial charge < -0.3 is 19.5 Å². The lowest BCUT2D eigenvalue weighted by Crippen LogP contribution is -2.22. The quantitative estimate of drug-likeness (QED) is 0.442. The van der Waals surface area contributed by atoms with Gasteiger partial charge in [0.05, 0.1) is 17.8 Å². The van der Waals surface area contributed by atoms with E-state index in [1.807, 2.05) is 43.3 Å². The molecule has 1 aromatic heterocycles. The Hall–Kier alpha value is -4.06. The number of carbonyl (C=O) groups is 1. The summed E-state index contributed by atoms with van der Waals surface area (Å²) in [5.41, 5.74) is 5.33. The number of hydrogen-bond acceptors (Lipinski definition) is 5. The van der Waals surface area contributed by atoms with Crippen molar-refractivity contribution in [3.05, 3.63) is 83.4 Å². The van der Waals surface area contributed by atoms with Gasteiger partial charge in [0, 0.05) is 29.1 Å². The number of amides is 1. The van der Waals surface area contributed by atoms with Crippen LogP contribution in [-0.2, 0) is 6.54 Å². The second-order valence-corrected chi connectivity index (χ2v) is 7.91. The number of nitrogens with one attached hydrogen (secondary N) is 1. The van der Waals surface area contributed by atoms with Crippen molar-refractivity contribution in [3.8, 4) is 28.5 Å². The van der Waals surface area contributed by atoms with Gasteiger partial charge in [-0.1, -0.05) is 35.9 Å². The predicted octanol–water partition coefficient (Wildman–Crippen LogP) is 5.27. The van der Waals surface area contributed by atoms with E-state index in [-0.39, 0.29) is 12.7 Å². The third-order valence-corrected chi connectivity index (χ3v) is 5.57. The molecule has 0 unspecified atom stereocenters. The van der Waals surface area contributed by atoms with Crippen LogP contribution in [0.15, 0.2) is 66.7 Å². The first kappa shape index (κ1) is 20.8. The molecule has 0 saturated heterocycles. The minimum Gasteiger partial charge on any atom is -0.493 e. The fourth-order valence-corrected chi connectivity index (χ4v) is 3.82. The number of carbonyl (C=O) groups excluding carboxylic acids is 1. The Morgan fingerprint density at radius 1 is 1.00 bits per heavy atom. The van der Waals surface area contributed by atoms with Crippen molar-refractivity contribution in [2.45, 2.75) is 20.4 Å². The SMILES string of the molecule is CCOc1cc(-c2ccc(C)cc2)nc2ccc(C(=O)NCc3ccc4c(c3)OCO4)cc12. The maximum absolute atomic E-state index is 12.9. The topological polar surface area (TPSA) is 69.7 Å². The molecule has 6 nitrogen and oxygen atoms in total. The molecule has 4 aromatic rings. The number of rotatable bonds is 6. The van der Waals surface area contributed by atoms with Gasteiger partial charge in [-0.05, 0) is 49.7 Å². The Bertz CT molecular complexity index is 1330. The van der Waals surface area contributed by atoms with Gasteiger partial charge in [-0.15, -0.1) is 0 Å². The van der Waals surface area contributed by atoms with E-state index in [0.717, 1.165) is 33.5 Å². The van der Waals surface area contributed by atoms with E-state index in [1.165, 1.54) is 5.56 Å². The molecule has 2 heterocycles. The lowest BCUT2D eigenvalue weighted by Gasteiger charge is -2.12. The average molecular weight is 440 g/mol. The van der Waals surface area contributed by atoms with E-state index in [4.69, 9.17) is 19.2 Å². The number of aryl methyl sites for hydroxylation is 1. The van der Waals surface area contributed by atoms with Crippen LogP contribution in [0, 0.1) is 6.92 Å². The van der Waals surface area contributed by atoms with Crippen molar-refractivity contribution >= 4 is 16.8 Å². The van der Waals surface area contributed by atoms with E-state index in [0.29, 0.717) is 30.2 Å². The average Bonchev–Trinajstić information content (AvgIpc) is 3.31. The Balaban J connectivity index is 1.40. The van der Waals surface area contributed by atoms with Crippen molar-refractivity contribution in [1.82, 2.24) is 10.3 Å². The van der Waals surface area contributed by atoms with E-state index in [9.17, 15) is 4.79 Å². The zero-order valence-corrected chi connectivity index (χ0v) is 18.6. The van der Waals surface area contributed by atoms with Gasteiger partial charge >= 0.3 is 0 Å². The third kappa shape index (κ3) is 4.32. The van der Waals surface area contributed by atoms with E-state index < -0.39 is 0 Å². The first-order valence-electron chi connectivity index (χ1n) is 10.9. The maximum atomic E-state index is 12.9. The monoisotopic (exact) mass is 440 g/mol. The second-order valence-electron chi connectivity index (χ2n) is 7.91. The molecule has 1 aliphatic rings. The molecule has 0 bridgehead atoms. The van der Waals surface area contributed by atoms with Crippen LogP contribution >= 0.6 is 0 Å². The summed E-state index contributed by atoms with van der Waals surface area (Å²) in [4.78, 5) is 17.7. The summed E-state index contributed by atoms with van der Waals surface area (Å²) < 4.78 is 16.7. The Kier molecular flexibility index (Phi) is 5.57. The number of aromatic nitrogens is 1. The first-order valence-corrected chi connectivity index (χ1v) is 10.9. The minimum absolute atomic E-state index is 0.167. The predicted molar refractivity (Wildman–Crippen MR) is 127 cm³/mol. The van der Waals surface area contributed by atoms with Crippen LogP contribution in [0.4, 0.5) is 0 Å². The number of pyridine rings is 1. The molecule has 0 radical (unpaired) electrons. The van der Waals surface area contributed by atoms with Crippen LogP contribution in [0.2, 0.25) is 0 Å². The fourth-order valence-electron chi connectivity index (χ4n) is 3.82. The lowest BCUT2D eigenvalue weighted by molar-refractivity contribution is 0.0951. The van der Waals surface area contributed by atoms with Gasteiger partial charge in [-0.2, -0.15) is 0 Å². The highest BCUT2D eigenvalue weighted by atomic mass is 16.7. The Morgan fingerprint density at radius 3 is 2.64 bits per heavy atom. The van der Waals surface area contributed by atoms with E-state index >= 15 is 0 Å². The zero-order chi connectivity index (χ0) is 22.8. The van der Waals surface area contributed by atoms with Crippen LogP contribution in [0.3, 0.4) is 0 Å². The molecule has 6 heteroatoms. The summed E-state index contributed by atoms with van der Waals surface area (Å²) in [5, 5.41) is 3.78. The van der Waals surface area contributed by atoms with Gasteiger partial charge in [0.1, 0.15) is 5.75 Å². The van der Waals surface area contributed by atoms with Crippen molar-refractivity contribution in [2.24, 2.45) is 0 Å². The first-order chi connectivity index (χ1) is 16.1. The van der Waals surface area contributed by atoms with Crippen molar-refractivity contribution in [1.29, 1.82) is 0 Å². The molecule has 5 rings (SSSR count). The number of nitrogens with zero attached hydrogens (tertiary/aromatic N) is 1. The fraction of sp³-hybridized carbons (Fsp3) is 0.185. The summed E-state index contributed by atoms with van der Waals surface area (Å²) >= 11 is 0.